The molecule has 0 spiro atoms. The van der Waals surface area contributed by atoms with Crippen molar-refractivity contribution >= 4 is 44.2 Å². The number of amides is 1. The average molecular weight is 439 g/mol. The number of rotatable bonds is 7. The lowest BCUT2D eigenvalue weighted by atomic mass is 10.1. The summed E-state index contributed by atoms with van der Waals surface area (Å²) in [4.78, 5) is 30.8. The van der Waals surface area contributed by atoms with Crippen molar-refractivity contribution in [2.45, 2.75) is 32.2 Å². The van der Waals surface area contributed by atoms with Crippen molar-refractivity contribution in [2.24, 2.45) is 0 Å². The second-order valence-electron chi connectivity index (χ2n) is 7.12. The predicted molar refractivity (Wildman–Crippen MR) is 111 cm³/mol. The van der Waals surface area contributed by atoms with Gasteiger partial charge in [-0.25, -0.2) is 18.2 Å². The molecule has 1 aromatic carbocycles. The van der Waals surface area contributed by atoms with Crippen LogP contribution >= 0.6 is 11.6 Å². The van der Waals surface area contributed by atoms with Crippen LogP contribution in [0.2, 0.25) is 5.15 Å². The van der Waals surface area contributed by atoms with E-state index in [2.05, 4.69) is 4.98 Å². The van der Waals surface area contributed by atoms with Crippen molar-refractivity contribution in [3.63, 3.8) is 0 Å². The van der Waals surface area contributed by atoms with Gasteiger partial charge in [-0.15, -0.1) is 0 Å². The van der Waals surface area contributed by atoms with E-state index in [-0.39, 0.29) is 23.5 Å². The van der Waals surface area contributed by atoms with E-state index in [0.717, 1.165) is 18.2 Å². The third-order valence-electron chi connectivity index (χ3n) is 4.94. The first-order valence-corrected chi connectivity index (χ1v) is 11.7. The Morgan fingerprint density at radius 2 is 2.07 bits per heavy atom. The summed E-state index contributed by atoms with van der Waals surface area (Å²) in [5.74, 6) is -0.938. The summed E-state index contributed by atoms with van der Waals surface area (Å²) < 4.78 is 28.8. The molecule has 0 N–H and O–H groups in total. The topological polar surface area (TPSA) is 93.6 Å². The van der Waals surface area contributed by atoms with Gasteiger partial charge in [-0.1, -0.05) is 24.9 Å². The fourth-order valence-electron chi connectivity index (χ4n) is 3.38. The molecule has 1 aliphatic heterocycles. The molecule has 156 valence electrons. The predicted octanol–water partition coefficient (Wildman–Crippen LogP) is 2.86. The van der Waals surface area contributed by atoms with Crippen molar-refractivity contribution in [1.29, 1.82) is 0 Å². The Kier molecular flexibility index (Phi) is 6.74. The number of carbonyl (C=O) groups excluding carboxylic acids is 2. The number of aromatic nitrogens is 1. The third kappa shape index (κ3) is 5.45. The minimum Gasteiger partial charge on any atom is -0.452 e. The maximum absolute atomic E-state index is 12.7. The Hall–Kier alpha value is -2.19. The Morgan fingerprint density at radius 1 is 1.28 bits per heavy atom. The molecule has 9 heteroatoms. The molecule has 1 fully saturated rings. The number of ether oxygens (including phenoxy) is 1. The molecular weight excluding hydrogens is 416 g/mol. The molecular formula is C20H23ClN2O5S. The summed E-state index contributed by atoms with van der Waals surface area (Å²) in [6.45, 7) is 2.03. The number of unbranched alkanes of at least 4 members (excludes halogenated alkanes) is 1. The van der Waals surface area contributed by atoms with Crippen molar-refractivity contribution < 1.29 is 22.7 Å². The average Bonchev–Trinajstić information content (AvgIpc) is 3.05. The van der Waals surface area contributed by atoms with Gasteiger partial charge in [0.1, 0.15) is 5.15 Å². The molecule has 2 aromatic rings. The van der Waals surface area contributed by atoms with Crippen molar-refractivity contribution in [1.82, 2.24) is 9.88 Å². The van der Waals surface area contributed by atoms with Gasteiger partial charge in [0.05, 0.1) is 22.6 Å². The van der Waals surface area contributed by atoms with E-state index in [1.54, 1.807) is 35.2 Å². The minimum atomic E-state index is -3.11. The first-order chi connectivity index (χ1) is 13.8. The van der Waals surface area contributed by atoms with E-state index < -0.39 is 22.4 Å². The largest absolute Gasteiger partial charge is 0.452 e. The highest BCUT2D eigenvalue weighted by Gasteiger charge is 2.34. The highest BCUT2D eigenvalue weighted by atomic mass is 35.5. The van der Waals surface area contributed by atoms with Crippen LogP contribution in [0.1, 0.15) is 36.5 Å². The molecule has 7 nitrogen and oxygen atoms in total. The molecule has 2 heterocycles. The first-order valence-electron chi connectivity index (χ1n) is 9.52. The van der Waals surface area contributed by atoms with Crippen LogP contribution < -0.4 is 0 Å². The molecule has 1 amide bonds. The van der Waals surface area contributed by atoms with Gasteiger partial charge in [0.25, 0.3) is 5.91 Å². The van der Waals surface area contributed by atoms with Crippen LogP contribution in [0.15, 0.2) is 30.3 Å². The van der Waals surface area contributed by atoms with Gasteiger partial charge >= 0.3 is 5.97 Å². The zero-order valence-corrected chi connectivity index (χ0v) is 17.7. The number of esters is 1. The van der Waals surface area contributed by atoms with Gasteiger partial charge < -0.3 is 9.64 Å². The summed E-state index contributed by atoms with van der Waals surface area (Å²) in [6.07, 6.45) is 2.06. The number of sulfone groups is 1. The summed E-state index contributed by atoms with van der Waals surface area (Å²) in [7, 11) is -3.11. The fourth-order valence-corrected chi connectivity index (χ4v) is 5.27. The van der Waals surface area contributed by atoms with Gasteiger partial charge in [-0.3, -0.25) is 4.79 Å². The van der Waals surface area contributed by atoms with Crippen molar-refractivity contribution in [3.05, 3.63) is 41.0 Å². The van der Waals surface area contributed by atoms with E-state index in [1.807, 2.05) is 6.92 Å². The first kappa shape index (κ1) is 21.5. The molecule has 1 aliphatic rings. The monoisotopic (exact) mass is 438 g/mol. The van der Waals surface area contributed by atoms with Crippen LogP contribution in [0.4, 0.5) is 0 Å². The lowest BCUT2D eigenvalue weighted by Crippen LogP contribution is -2.43. The van der Waals surface area contributed by atoms with Crippen LogP contribution in [0.3, 0.4) is 0 Å². The standard InChI is InChI=1S/C20H23ClN2O5S/c1-2-3-9-23(16-8-10-29(26,27)13-16)19(24)12-28-20(25)15-4-6-17-14(11-15)5-7-18(21)22-17/h4-7,11,16H,2-3,8-10,12-13H2,1H3. The number of benzene rings is 1. The van der Waals surface area contributed by atoms with Gasteiger partial charge in [0.2, 0.25) is 0 Å². The van der Waals surface area contributed by atoms with Crippen LogP contribution in [0, 0.1) is 0 Å². The third-order valence-corrected chi connectivity index (χ3v) is 6.90. The van der Waals surface area contributed by atoms with Crippen LogP contribution in [-0.2, 0) is 19.4 Å². The lowest BCUT2D eigenvalue weighted by Gasteiger charge is -2.28. The number of hydrogen-bond acceptors (Lipinski definition) is 6. The molecule has 0 radical (unpaired) electrons. The summed E-state index contributed by atoms with van der Waals surface area (Å²) >= 11 is 5.86. The van der Waals surface area contributed by atoms with E-state index in [0.29, 0.717) is 29.2 Å². The zero-order valence-electron chi connectivity index (χ0n) is 16.1. The van der Waals surface area contributed by atoms with E-state index >= 15 is 0 Å². The number of halogens is 1. The van der Waals surface area contributed by atoms with E-state index in [4.69, 9.17) is 16.3 Å². The number of hydrogen-bond donors (Lipinski definition) is 0. The number of pyridine rings is 1. The quantitative estimate of drug-likeness (QED) is 0.487. The lowest BCUT2D eigenvalue weighted by molar-refractivity contribution is -0.136. The smallest absolute Gasteiger partial charge is 0.338 e. The number of fused-ring (bicyclic) bond motifs is 1. The van der Waals surface area contributed by atoms with Crippen LogP contribution in [-0.4, -0.2) is 60.9 Å². The van der Waals surface area contributed by atoms with Gasteiger partial charge in [-0.05, 0) is 43.2 Å². The van der Waals surface area contributed by atoms with Crippen molar-refractivity contribution in [3.8, 4) is 0 Å². The SMILES string of the molecule is CCCCN(C(=O)COC(=O)c1ccc2nc(Cl)ccc2c1)C1CCS(=O)(=O)C1. The molecule has 0 bridgehead atoms. The minimum absolute atomic E-state index is 0.0311. The van der Waals surface area contributed by atoms with E-state index in [1.165, 1.54) is 0 Å². The molecule has 0 saturated carbocycles. The molecule has 1 saturated heterocycles. The Bertz CT molecular complexity index is 1020. The van der Waals surface area contributed by atoms with Crippen molar-refractivity contribution in [2.75, 3.05) is 24.7 Å². The van der Waals surface area contributed by atoms with Gasteiger partial charge in [-0.2, -0.15) is 0 Å². The number of nitrogens with zero attached hydrogens (tertiary/aromatic N) is 2. The van der Waals surface area contributed by atoms with E-state index in [9.17, 15) is 18.0 Å². The van der Waals surface area contributed by atoms with Gasteiger partial charge in [0.15, 0.2) is 16.4 Å². The molecule has 29 heavy (non-hydrogen) atoms. The highest BCUT2D eigenvalue weighted by Crippen LogP contribution is 2.20. The molecule has 1 aromatic heterocycles. The molecule has 3 rings (SSSR count). The maximum atomic E-state index is 12.7. The molecule has 0 aliphatic carbocycles. The summed E-state index contributed by atoms with van der Waals surface area (Å²) in [5, 5.41) is 1.09. The normalized spacial score (nSPS) is 17.9. The summed E-state index contributed by atoms with van der Waals surface area (Å²) in [6, 6.07) is 7.88. The summed E-state index contributed by atoms with van der Waals surface area (Å²) in [5.41, 5.74) is 0.955. The van der Waals surface area contributed by atoms with Crippen LogP contribution in [0.25, 0.3) is 10.9 Å². The second-order valence-corrected chi connectivity index (χ2v) is 9.73. The molecule has 1 atom stereocenters. The Balaban J connectivity index is 1.65. The highest BCUT2D eigenvalue weighted by molar-refractivity contribution is 7.91. The maximum Gasteiger partial charge on any atom is 0.338 e. The fraction of sp³-hybridized carbons (Fsp3) is 0.450. The zero-order chi connectivity index (χ0) is 21.0. The second kappa shape index (κ2) is 9.09. The Morgan fingerprint density at radius 3 is 2.76 bits per heavy atom. The number of carbonyl (C=O) groups is 2. The molecule has 1 unspecified atom stereocenters. The Labute approximate surface area is 174 Å². The van der Waals surface area contributed by atoms with Crippen LogP contribution in [0.5, 0.6) is 0 Å². The van der Waals surface area contributed by atoms with Gasteiger partial charge in [0, 0.05) is 18.0 Å².